The summed E-state index contributed by atoms with van der Waals surface area (Å²) in [6.07, 6.45) is 4.20. The van der Waals surface area contributed by atoms with E-state index in [1.807, 2.05) is 6.92 Å². The number of amides is 1. The number of nitrogens with zero attached hydrogens (tertiary/aromatic N) is 1. The van der Waals surface area contributed by atoms with Crippen LogP contribution in [0.2, 0.25) is 0 Å². The van der Waals surface area contributed by atoms with Gasteiger partial charge in [0.25, 0.3) is 0 Å². The summed E-state index contributed by atoms with van der Waals surface area (Å²) in [5, 5.41) is 2.86. The zero-order valence-corrected chi connectivity index (χ0v) is 12.2. The van der Waals surface area contributed by atoms with Gasteiger partial charge in [0, 0.05) is 25.6 Å². The van der Waals surface area contributed by atoms with Gasteiger partial charge >= 0.3 is 0 Å². The molecule has 1 heterocycles. The quantitative estimate of drug-likeness (QED) is 0.779. The van der Waals surface area contributed by atoms with E-state index in [1.165, 1.54) is 19.3 Å². The van der Waals surface area contributed by atoms with E-state index in [0.717, 1.165) is 13.1 Å². The number of rotatable bonds is 5. The zero-order chi connectivity index (χ0) is 13.6. The summed E-state index contributed by atoms with van der Waals surface area (Å²) in [4.78, 5) is 14.1. The molecule has 1 aliphatic rings. The summed E-state index contributed by atoms with van der Waals surface area (Å²) in [6, 6.07) is 0.199. The summed E-state index contributed by atoms with van der Waals surface area (Å²) in [6.45, 7) is 10.0. The lowest BCUT2D eigenvalue weighted by molar-refractivity contribution is -0.122. The molecule has 4 nitrogen and oxygen atoms in total. The molecular weight excluding hydrogens is 226 g/mol. The molecule has 0 aromatic heterocycles. The average molecular weight is 255 g/mol. The van der Waals surface area contributed by atoms with Crippen LogP contribution in [-0.4, -0.2) is 43.0 Å². The topological polar surface area (TPSA) is 58.4 Å². The van der Waals surface area contributed by atoms with Crippen molar-refractivity contribution in [2.45, 2.75) is 52.5 Å². The van der Waals surface area contributed by atoms with E-state index in [0.29, 0.717) is 24.9 Å². The van der Waals surface area contributed by atoms with Gasteiger partial charge in [-0.05, 0) is 44.7 Å². The number of carbonyl (C=O) groups excluding carboxylic acids is 1. The van der Waals surface area contributed by atoms with Crippen LogP contribution in [0.15, 0.2) is 0 Å². The number of hydrogen-bond donors (Lipinski definition) is 2. The lowest BCUT2D eigenvalue weighted by atomic mass is 9.85. The smallest absolute Gasteiger partial charge is 0.221 e. The van der Waals surface area contributed by atoms with Crippen LogP contribution in [0, 0.1) is 5.41 Å². The minimum atomic E-state index is 0.122. The molecule has 0 aromatic rings. The molecule has 0 saturated carbocycles. The first kappa shape index (κ1) is 15.4. The Morgan fingerprint density at radius 3 is 2.72 bits per heavy atom. The second kappa shape index (κ2) is 7.10. The number of carbonyl (C=O) groups is 1. The lowest BCUT2D eigenvalue weighted by Crippen LogP contribution is -2.44. The molecule has 0 radical (unpaired) electrons. The van der Waals surface area contributed by atoms with Crippen LogP contribution in [0.5, 0.6) is 0 Å². The standard InChI is InChI=1S/C14H29N3O/c1-4-16-13(18)10-12(11-15)17-8-5-6-14(2,3)7-9-17/h12H,4-11,15H2,1-3H3,(H,16,18). The first-order valence-electron chi connectivity index (χ1n) is 7.19. The molecule has 1 aliphatic heterocycles. The molecule has 18 heavy (non-hydrogen) atoms. The van der Waals surface area contributed by atoms with Gasteiger partial charge < -0.3 is 11.1 Å². The molecule has 1 unspecified atom stereocenters. The molecule has 0 aromatic carbocycles. The van der Waals surface area contributed by atoms with Crippen molar-refractivity contribution in [2.24, 2.45) is 11.1 Å². The van der Waals surface area contributed by atoms with E-state index in [9.17, 15) is 4.79 Å². The highest BCUT2D eigenvalue weighted by molar-refractivity contribution is 5.76. The SMILES string of the molecule is CCNC(=O)CC(CN)N1CCCC(C)(C)CC1. The summed E-state index contributed by atoms with van der Waals surface area (Å²) in [7, 11) is 0. The van der Waals surface area contributed by atoms with E-state index in [2.05, 4.69) is 24.1 Å². The third-order valence-electron chi connectivity index (χ3n) is 3.96. The maximum atomic E-state index is 11.7. The maximum absolute atomic E-state index is 11.7. The van der Waals surface area contributed by atoms with Crippen molar-refractivity contribution in [2.75, 3.05) is 26.2 Å². The molecule has 1 saturated heterocycles. The van der Waals surface area contributed by atoms with E-state index in [1.54, 1.807) is 0 Å². The number of hydrogen-bond acceptors (Lipinski definition) is 3. The Morgan fingerprint density at radius 1 is 1.39 bits per heavy atom. The third-order valence-corrected chi connectivity index (χ3v) is 3.96. The molecule has 1 rings (SSSR count). The van der Waals surface area contributed by atoms with Gasteiger partial charge in [-0.1, -0.05) is 13.8 Å². The highest BCUT2D eigenvalue weighted by Crippen LogP contribution is 2.30. The zero-order valence-electron chi connectivity index (χ0n) is 12.2. The van der Waals surface area contributed by atoms with Crippen LogP contribution in [0.3, 0.4) is 0 Å². The van der Waals surface area contributed by atoms with Gasteiger partial charge in [0.15, 0.2) is 0 Å². The van der Waals surface area contributed by atoms with Gasteiger partial charge in [-0.15, -0.1) is 0 Å². The summed E-state index contributed by atoms with van der Waals surface area (Å²) in [5.74, 6) is 0.122. The number of nitrogens with two attached hydrogens (primary N) is 1. The Hall–Kier alpha value is -0.610. The molecule has 0 bridgehead atoms. The van der Waals surface area contributed by atoms with Gasteiger partial charge in [0.2, 0.25) is 5.91 Å². The second-order valence-corrected chi connectivity index (χ2v) is 6.10. The molecule has 1 atom stereocenters. The van der Waals surface area contributed by atoms with E-state index in [4.69, 9.17) is 5.73 Å². The maximum Gasteiger partial charge on any atom is 0.221 e. The molecule has 1 fully saturated rings. The summed E-state index contributed by atoms with van der Waals surface area (Å²) >= 11 is 0. The predicted molar refractivity (Wildman–Crippen MR) is 75.3 cm³/mol. The molecule has 106 valence electrons. The highest BCUT2D eigenvalue weighted by Gasteiger charge is 2.27. The van der Waals surface area contributed by atoms with Crippen molar-refractivity contribution in [3.8, 4) is 0 Å². The van der Waals surface area contributed by atoms with Gasteiger partial charge in [-0.2, -0.15) is 0 Å². The van der Waals surface area contributed by atoms with Crippen molar-refractivity contribution in [1.82, 2.24) is 10.2 Å². The Bertz CT molecular complexity index is 266. The summed E-state index contributed by atoms with van der Waals surface area (Å²) in [5.41, 5.74) is 6.28. The van der Waals surface area contributed by atoms with Crippen LogP contribution < -0.4 is 11.1 Å². The van der Waals surface area contributed by atoms with Gasteiger partial charge in [-0.3, -0.25) is 9.69 Å². The average Bonchev–Trinajstić information content (AvgIpc) is 2.48. The van der Waals surface area contributed by atoms with Crippen LogP contribution >= 0.6 is 0 Å². The van der Waals surface area contributed by atoms with Crippen molar-refractivity contribution < 1.29 is 4.79 Å². The molecule has 1 amide bonds. The van der Waals surface area contributed by atoms with Gasteiger partial charge in [0.1, 0.15) is 0 Å². The molecule has 0 spiro atoms. The molecular formula is C14H29N3O. The predicted octanol–water partition coefficient (Wildman–Crippen LogP) is 1.35. The van der Waals surface area contributed by atoms with Crippen LogP contribution in [0.25, 0.3) is 0 Å². The Balaban J connectivity index is 2.51. The van der Waals surface area contributed by atoms with Crippen molar-refractivity contribution >= 4 is 5.91 Å². The highest BCUT2D eigenvalue weighted by atomic mass is 16.1. The minimum absolute atomic E-state index is 0.122. The van der Waals surface area contributed by atoms with E-state index >= 15 is 0 Å². The lowest BCUT2D eigenvalue weighted by Gasteiger charge is -2.30. The van der Waals surface area contributed by atoms with Crippen molar-refractivity contribution in [3.63, 3.8) is 0 Å². The first-order chi connectivity index (χ1) is 8.48. The van der Waals surface area contributed by atoms with E-state index in [-0.39, 0.29) is 11.9 Å². The molecule has 0 aliphatic carbocycles. The van der Waals surface area contributed by atoms with Crippen LogP contribution in [0.1, 0.15) is 46.5 Å². The van der Waals surface area contributed by atoms with Crippen molar-refractivity contribution in [3.05, 3.63) is 0 Å². The Kier molecular flexibility index (Phi) is 6.09. The first-order valence-corrected chi connectivity index (χ1v) is 7.19. The largest absolute Gasteiger partial charge is 0.356 e. The Labute approximate surface area is 111 Å². The fraction of sp³-hybridized carbons (Fsp3) is 0.929. The van der Waals surface area contributed by atoms with Crippen LogP contribution in [0.4, 0.5) is 0 Å². The minimum Gasteiger partial charge on any atom is -0.356 e. The van der Waals surface area contributed by atoms with Crippen molar-refractivity contribution in [1.29, 1.82) is 0 Å². The molecule has 3 N–H and O–H groups in total. The number of likely N-dealkylation sites (tertiary alicyclic amines) is 1. The third kappa shape index (κ3) is 4.94. The van der Waals surface area contributed by atoms with E-state index < -0.39 is 0 Å². The second-order valence-electron chi connectivity index (χ2n) is 6.10. The summed E-state index contributed by atoms with van der Waals surface area (Å²) < 4.78 is 0. The molecule has 4 heteroatoms. The number of nitrogens with one attached hydrogen (secondary N) is 1. The normalized spacial score (nSPS) is 22.2. The fourth-order valence-corrected chi connectivity index (χ4v) is 2.65. The van der Waals surface area contributed by atoms with Gasteiger partial charge in [-0.25, -0.2) is 0 Å². The monoisotopic (exact) mass is 255 g/mol. The Morgan fingerprint density at radius 2 is 2.11 bits per heavy atom. The fourth-order valence-electron chi connectivity index (χ4n) is 2.65. The van der Waals surface area contributed by atoms with Crippen LogP contribution in [-0.2, 0) is 4.79 Å². The van der Waals surface area contributed by atoms with Gasteiger partial charge in [0.05, 0.1) is 0 Å².